The number of carbonyl (C=O) groups excluding carboxylic acids is 1. The molecule has 110 valence electrons. The lowest BCUT2D eigenvalue weighted by atomic mass is 9.70. The van der Waals surface area contributed by atoms with Gasteiger partial charge in [0.2, 0.25) is 0 Å². The lowest BCUT2D eigenvalue weighted by Crippen LogP contribution is -2.42. The highest BCUT2D eigenvalue weighted by molar-refractivity contribution is 6.03. The number of ketones is 1. The number of carbonyl (C=O) groups is 1. The van der Waals surface area contributed by atoms with Crippen LogP contribution < -0.4 is 5.32 Å². The second kappa shape index (κ2) is 5.61. The van der Waals surface area contributed by atoms with Crippen LogP contribution in [0.4, 0.5) is 0 Å². The van der Waals surface area contributed by atoms with Gasteiger partial charge in [0.1, 0.15) is 0 Å². The molecule has 1 heterocycles. The van der Waals surface area contributed by atoms with Crippen molar-refractivity contribution in [1.29, 1.82) is 0 Å². The van der Waals surface area contributed by atoms with Crippen LogP contribution in [-0.4, -0.2) is 18.9 Å². The average molecular weight is 281 g/mol. The maximum absolute atomic E-state index is 13.0. The molecule has 0 amide bonds. The molecular formula is C19H23NO. The first-order valence-electron chi connectivity index (χ1n) is 7.83. The van der Waals surface area contributed by atoms with Gasteiger partial charge in [-0.15, -0.1) is 0 Å². The van der Waals surface area contributed by atoms with E-state index in [9.17, 15) is 4.79 Å². The molecule has 1 aliphatic rings. The lowest BCUT2D eigenvalue weighted by molar-refractivity contribution is 0.0708. The number of fused-ring (bicyclic) bond motifs is 1. The van der Waals surface area contributed by atoms with Crippen LogP contribution in [-0.2, 0) is 0 Å². The first kappa shape index (κ1) is 14.3. The molecule has 0 spiro atoms. The van der Waals surface area contributed by atoms with Gasteiger partial charge in [0, 0.05) is 11.0 Å². The van der Waals surface area contributed by atoms with Crippen LogP contribution in [0, 0.1) is 11.3 Å². The van der Waals surface area contributed by atoms with Crippen LogP contribution in [0.15, 0.2) is 42.5 Å². The maximum Gasteiger partial charge on any atom is 0.168 e. The Morgan fingerprint density at radius 1 is 1.14 bits per heavy atom. The predicted molar refractivity (Wildman–Crippen MR) is 87.7 cm³/mol. The summed E-state index contributed by atoms with van der Waals surface area (Å²) in [7, 11) is 0. The number of piperidine rings is 1. The molecule has 21 heavy (non-hydrogen) atoms. The van der Waals surface area contributed by atoms with E-state index < -0.39 is 0 Å². The van der Waals surface area contributed by atoms with Crippen molar-refractivity contribution < 1.29 is 4.79 Å². The third-order valence-corrected chi connectivity index (χ3v) is 4.91. The third-order valence-electron chi connectivity index (χ3n) is 4.91. The summed E-state index contributed by atoms with van der Waals surface area (Å²) in [6.45, 7) is 6.23. The fourth-order valence-electron chi connectivity index (χ4n) is 3.36. The Bertz CT molecular complexity index is 653. The van der Waals surface area contributed by atoms with Crippen LogP contribution in [0.3, 0.4) is 0 Å². The molecule has 2 heteroatoms. The molecule has 2 aromatic carbocycles. The summed E-state index contributed by atoms with van der Waals surface area (Å²) >= 11 is 0. The molecule has 1 N–H and O–H groups in total. The highest BCUT2D eigenvalue weighted by atomic mass is 16.1. The van der Waals surface area contributed by atoms with Gasteiger partial charge in [0.25, 0.3) is 0 Å². The van der Waals surface area contributed by atoms with Crippen LogP contribution >= 0.6 is 0 Å². The Morgan fingerprint density at radius 2 is 1.90 bits per heavy atom. The van der Waals surface area contributed by atoms with Gasteiger partial charge in [0.05, 0.1) is 0 Å². The largest absolute Gasteiger partial charge is 0.316 e. The van der Waals surface area contributed by atoms with Crippen molar-refractivity contribution in [3.8, 4) is 0 Å². The van der Waals surface area contributed by atoms with Crippen molar-refractivity contribution in [2.24, 2.45) is 11.3 Å². The summed E-state index contributed by atoms with van der Waals surface area (Å²) in [5.41, 5.74) is 0.528. The number of rotatable bonds is 3. The van der Waals surface area contributed by atoms with E-state index >= 15 is 0 Å². The van der Waals surface area contributed by atoms with Gasteiger partial charge in [-0.05, 0) is 48.7 Å². The normalized spacial score (nSPS) is 19.6. The molecule has 3 rings (SSSR count). The van der Waals surface area contributed by atoms with Crippen molar-refractivity contribution >= 4 is 16.6 Å². The van der Waals surface area contributed by atoms with Gasteiger partial charge >= 0.3 is 0 Å². The number of hydrogen-bond donors (Lipinski definition) is 1. The molecule has 2 nitrogen and oxygen atoms in total. The predicted octanol–water partition coefficient (Wildman–Crippen LogP) is 4.05. The monoisotopic (exact) mass is 281 g/mol. The molecule has 1 atom stereocenters. The van der Waals surface area contributed by atoms with E-state index in [-0.39, 0.29) is 11.2 Å². The standard InChI is InChI=1S/C19H23NO/c1-19(2,17-8-5-11-20-13-17)18(21)16-10-9-14-6-3-4-7-15(14)12-16/h3-4,6-7,9-10,12,17,20H,5,8,11,13H2,1-2H3. The Balaban J connectivity index is 1.91. The molecule has 1 fully saturated rings. The van der Waals surface area contributed by atoms with Crippen LogP contribution in [0.5, 0.6) is 0 Å². The van der Waals surface area contributed by atoms with Crippen LogP contribution in [0.2, 0.25) is 0 Å². The van der Waals surface area contributed by atoms with E-state index in [0.717, 1.165) is 30.5 Å². The van der Waals surface area contributed by atoms with E-state index in [2.05, 4.69) is 37.4 Å². The molecule has 2 aromatic rings. The van der Waals surface area contributed by atoms with Crippen molar-refractivity contribution in [3.05, 3.63) is 48.0 Å². The Hall–Kier alpha value is -1.67. The summed E-state index contributed by atoms with van der Waals surface area (Å²) in [6.07, 6.45) is 2.30. The maximum atomic E-state index is 13.0. The minimum absolute atomic E-state index is 0.266. The molecule has 1 unspecified atom stereocenters. The van der Waals surface area contributed by atoms with Crippen LogP contribution in [0.1, 0.15) is 37.0 Å². The van der Waals surface area contributed by atoms with E-state index in [4.69, 9.17) is 0 Å². The first-order chi connectivity index (χ1) is 10.1. The number of benzene rings is 2. The Kier molecular flexibility index (Phi) is 3.81. The molecule has 0 saturated carbocycles. The minimum atomic E-state index is -0.310. The Labute approximate surface area is 126 Å². The average Bonchev–Trinajstić information content (AvgIpc) is 2.54. The molecule has 0 bridgehead atoms. The topological polar surface area (TPSA) is 29.1 Å². The fraction of sp³-hybridized carbons (Fsp3) is 0.421. The van der Waals surface area contributed by atoms with Gasteiger partial charge < -0.3 is 5.32 Å². The zero-order valence-electron chi connectivity index (χ0n) is 12.9. The zero-order chi connectivity index (χ0) is 14.9. The number of Topliss-reactive ketones (excluding diaryl/α,β-unsaturated/α-hetero) is 1. The van der Waals surface area contributed by atoms with E-state index in [0.29, 0.717) is 5.92 Å². The SMILES string of the molecule is CC(C)(C(=O)c1ccc2ccccc2c1)C1CCCNC1. The second-order valence-corrected chi connectivity index (χ2v) is 6.66. The summed E-state index contributed by atoms with van der Waals surface area (Å²) in [6, 6.07) is 14.3. The molecule has 0 radical (unpaired) electrons. The highest BCUT2D eigenvalue weighted by Gasteiger charge is 2.37. The summed E-state index contributed by atoms with van der Waals surface area (Å²) in [5, 5.41) is 5.75. The number of nitrogens with one attached hydrogen (secondary N) is 1. The van der Waals surface area contributed by atoms with Gasteiger partial charge in [-0.2, -0.15) is 0 Å². The third kappa shape index (κ3) is 2.73. The fourth-order valence-corrected chi connectivity index (χ4v) is 3.36. The van der Waals surface area contributed by atoms with E-state index in [1.165, 1.54) is 11.8 Å². The van der Waals surface area contributed by atoms with Crippen molar-refractivity contribution in [1.82, 2.24) is 5.32 Å². The summed E-state index contributed by atoms with van der Waals surface area (Å²) in [5.74, 6) is 0.687. The summed E-state index contributed by atoms with van der Waals surface area (Å²) in [4.78, 5) is 13.0. The van der Waals surface area contributed by atoms with Gasteiger partial charge in [-0.1, -0.05) is 50.2 Å². The smallest absolute Gasteiger partial charge is 0.168 e. The number of hydrogen-bond acceptors (Lipinski definition) is 2. The summed E-state index contributed by atoms with van der Waals surface area (Å²) < 4.78 is 0. The molecule has 1 saturated heterocycles. The highest BCUT2D eigenvalue weighted by Crippen LogP contribution is 2.35. The first-order valence-corrected chi connectivity index (χ1v) is 7.83. The van der Waals surface area contributed by atoms with Gasteiger partial charge in [0.15, 0.2) is 5.78 Å². The van der Waals surface area contributed by atoms with Gasteiger partial charge in [-0.3, -0.25) is 4.79 Å². The molecule has 0 aromatic heterocycles. The Morgan fingerprint density at radius 3 is 2.62 bits per heavy atom. The lowest BCUT2D eigenvalue weighted by Gasteiger charge is -2.36. The second-order valence-electron chi connectivity index (χ2n) is 6.66. The van der Waals surface area contributed by atoms with Crippen molar-refractivity contribution in [2.75, 3.05) is 13.1 Å². The zero-order valence-corrected chi connectivity index (χ0v) is 12.9. The van der Waals surface area contributed by atoms with Crippen molar-refractivity contribution in [2.45, 2.75) is 26.7 Å². The van der Waals surface area contributed by atoms with Crippen LogP contribution in [0.25, 0.3) is 10.8 Å². The van der Waals surface area contributed by atoms with E-state index in [1.807, 2.05) is 24.3 Å². The quantitative estimate of drug-likeness (QED) is 0.860. The van der Waals surface area contributed by atoms with E-state index in [1.54, 1.807) is 0 Å². The minimum Gasteiger partial charge on any atom is -0.316 e. The molecule has 1 aliphatic heterocycles. The molecule has 0 aliphatic carbocycles. The van der Waals surface area contributed by atoms with Crippen molar-refractivity contribution in [3.63, 3.8) is 0 Å². The van der Waals surface area contributed by atoms with Gasteiger partial charge in [-0.25, -0.2) is 0 Å². The molecular weight excluding hydrogens is 258 g/mol.